The van der Waals surface area contributed by atoms with E-state index in [4.69, 9.17) is 9.47 Å². The molecule has 1 amide bonds. The number of nitrogens with one attached hydrogen (secondary N) is 1. The summed E-state index contributed by atoms with van der Waals surface area (Å²) < 4.78 is 64.8. The lowest BCUT2D eigenvalue weighted by atomic mass is 10.1. The molecule has 0 unspecified atom stereocenters. The van der Waals surface area contributed by atoms with Crippen molar-refractivity contribution in [1.29, 1.82) is 0 Å². The molecule has 0 aliphatic carbocycles. The molecule has 1 saturated heterocycles. The van der Waals surface area contributed by atoms with Gasteiger partial charge in [0.25, 0.3) is 5.91 Å². The molecule has 30 heavy (non-hydrogen) atoms. The molecule has 0 saturated carbocycles. The Morgan fingerprint density at radius 2 is 2.07 bits per heavy atom. The smallest absolute Gasteiger partial charge is 0.422 e. The number of alkyl halides is 3. The highest BCUT2D eigenvalue weighted by Gasteiger charge is 2.31. The number of aromatic nitrogens is 3. The van der Waals surface area contributed by atoms with Gasteiger partial charge in [-0.15, -0.1) is 5.10 Å². The quantitative estimate of drug-likeness (QED) is 0.728. The van der Waals surface area contributed by atoms with E-state index in [-0.39, 0.29) is 24.9 Å². The molecule has 0 radical (unpaired) electrons. The summed E-state index contributed by atoms with van der Waals surface area (Å²) in [6.07, 6.45) is -2.55. The van der Waals surface area contributed by atoms with Crippen molar-refractivity contribution in [2.75, 3.05) is 19.8 Å². The maximum Gasteiger partial charge on any atom is 0.422 e. The Bertz CT molecular complexity index is 1030. The molecule has 4 rings (SSSR count). The first-order chi connectivity index (χ1) is 14.2. The molecule has 2 aliphatic rings. The number of halogens is 4. The molecule has 1 N–H and O–H groups in total. The minimum atomic E-state index is -4.67. The highest BCUT2D eigenvalue weighted by atomic mass is 19.4. The molecule has 0 bridgehead atoms. The molecule has 3 heterocycles. The van der Waals surface area contributed by atoms with E-state index in [0.717, 1.165) is 29.7 Å². The fourth-order valence-corrected chi connectivity index (χ4v) is 3.30. The summed E-state index contributed by atoms with van der Waals surface area (Å²) in [5.41, 5.74) is -1.40. The summed E-state index contributed by atoms with van der Waals surface area (Å²) in [7, 11) is 0. The normalized spacial score (nSPS) is 16.7. The molecule has 2 aromatic rings. The number of hydrogen-bond donors (Lipinski definition) is 1. The van der Waals surface area contributed by atoms with Crippen molar-refractivity contribution in [3.63, 3.8) is 0 Å². The van der Waals surface area contributed by atoms with Gasteiger partial charge in [-0.2, -0.15) is 17.9 Å². The number of rotatable bonds is 5. The second-order valence-electron chi connectivity index (χ2n) is 7.13. The van der Waals surface area contributed by atoms with Gasteiger partial charge in [0, 0.05) is 19.0 Å². The standard InChI is InChI=1S/C18H18F4N4O4/c19-12-5-11(16(27)23-10-7-29-8-10)14(30-9-18(20,21)22)6-13(12)26-17(28)25-4-2-1-3-15(25)24-26/h5-6,10H,1-4,7-9H2,(H,23,27). The lowest BCUT2D eigenvalue weighted by molar-refractivity contribution is -0.153. The molecule has 0 spiro atoms. The molecule has 1 aromatic carbocycles. The minimum absolute atomic E-state index is 0.251. The second kappa shape index (κ2) is 7.74. The zero-order chi connectivity index (χ0) is 21.5. The first kappa shape index (κ1) is 20.4. The summed E-state index contributed by atoms with van der Waals surface area (Å²) in [4.78, 5) is 25.0. The third kappa shape index (κ3) is 4.04. The largest absolute Gasteiger partial charge is 0.483 e. The van der Waals surface area contributed by atoms with Gasteiger partial charge in [-0.25, -0.2) is 9.18 Å². The number of nitrogens with zero attached hydrogens (tertiary/aromatic N) is 3. The first-order valence-electron chi connectivity index (χ1n) is 9.34. The lowest BCUT2D eigenvalue weighted by Gasteiger charge is -2.27. The Morgan fingerprint density at radius 1 is 1.30 bits per heavy atom. The Morgan fingerprint density at radius 3 is 2.70 bits per heavy atom. The van der Waals surface area contributed by atoms with Gasteiger partial charge in [0.15, 0.2) is 6.61 Å². The van der Waals surface area contributed by atoms with Crippen molar-refractivity contribution in [2.24, 2.45) is 0 Å². The Balaban J connectivity index is 1.73. The minimum Gasteiger partial charge on any atom is -0.483 e. The number of aryl methyl sites for hydroxylation is 1. The summed E-state index contributed by atoms with van der Waals surface area (Å²) in [6.45, 7) is -0.752. The number of ether oxygens (including phenoxy) is 2. The van der Waals surface area contributed by atoms with Crippen LogP contribution in [0, 0.1) is 5.82 Å². The molecular formula is C18H18F4N4O4. The van der Waals surface area contributed by atoms with Gasteiger partial charge in [-0.05, 0) is 18.9 Å². The summed E-state index contributed by atoms with van der Waals surface area (Å²) in [6, 6.07) is 1.33. The predicted octanol–water partition coefficient (Wildman–Crippen LogP) is 1.58. The third-order valence-corrected chi connectivity index (χ3v) is 4.86. The van der Waals surface area contributed by atoms with E-state index in [2.05, 4.69) is 10.4 Å². The Kier molecular flexibility index (Phi) is 5.26. The first-order valence-corrected chi connectivity index (χ1v) is 9.34. The van der Waals surface area contributed by atoms with Crippen molar-refractivity contribution in [1.82, 2.24) is 19.7 Å². The highest BCUT2D eigenvalue weighted by molar-refractivity contribution is 5.97. The van der Waals surface area contributed by atoms with Crippen LogP contribution in [0.15, 0.2) is 16.9 Å². The zero-order valence-corrected chi connectivity index (χ0v) is 15.7. The van der Waals surface area contributed by atoms with Gasteiger partial charge >= 0.3 is 11.9 Å². The van der Waals surface area contributed by atoms with Gasteiger partial charge < -0.3 is 14.8 Å². The van der Waals surface area contributed by atoms with Crippen LogP contribution in [0.4, 0.5) is 17.6 Å². The fourth-order valence-electron chi connectivity index (χ4n) is 3.30. The van der Waals surface area contributed by atoms with E-state index in [1.54, 1.807) is 0 Å². The third-order valence-electron chi connectivity index (χ3n) is 4.86. The molecule has 8 nitrogen and oxygen atoms in total. The predicted molar refractivity (Wildman–Crippen MR) is 94.3 cm³/mol. The van der Waals surface area contributed by atoms with Crippen molar-refractivity contribution in [3.05, 3.63) is 39.8 Å². The summed E-state index contributed by atoms with van der Waals surface area (Å²) in [5, 5.41) is 6.64. The molecule has 2 aliphatic heterocycles. The number of hydrogen-bond acceptors (Lipinski definition) is 5. The van der Waals surface area contributed by atoms with Crippen LogP contribution in [0.3, 0.4) is 0 Å². The average Bonchev–Trinajstić information content (AvgIpc) is 2.99. The second-order valence-corrected chi connectivity index (χ2v) is 7.13. The average molecular weight is 430 g/mol. The molecule has 1 fully saturated rings. The van der Waals surface area contributed by atoms with Crippen molar-refractivity contribution >= 4 is 5.91 Å². The van der Waals surface area contributed by atoms with Gasteiger partial charge in [-0.3, -0.25) is 9.36 Å². The Hall–Kier alpha value is -2.89. The number of benzene rings is 1. The van der Waals surface area contributed by atoms with Crippen LogP contribution < -0.4 is 15.7 Å². The summed E-state index contributed by atoms with van der Waals surface area (Å²) in [5.74, 6) is -1.82. The van der Waals surface area contributed by atoms with Crippen LogP contribution in [0.2, 0.25) is 0 Å². The maximum atomic E-state index is 14.8. The highest BCUT2D eigenvalue weighted by Crippen LogP contribution is 2.28. The van der Waals surface area contributed by atoms with Crippen LogP contribution >= 0.6 is 0 Å². The van der Waals surface area contributed by atoms with Gasteiger partial charge in [0.05, 0.1) is 24.8 Å². The van der Waals surface area contributed by atoms with Gasteiger partial charge in [0.2, 0.25) is 0 Å². The SMILES string of the molecule is O=C(NC1COC1)c1cc(F)c(-n2nc3n(c2=O)CCCC3)cc1OCC(F)(F)F. The van der Waals surface area contributed by atoms with Crippen LogP contribution in [0.5, 0.6) is 5.75 Å². The molecule has 162 valence electrons. The van der Waals surface area contributed by atoms with Crippen molar-refractivity contribution in [3.8, 4) is 11.4 Å². The van der Waals surface area contributed by atoms with E-state index in [9.17, 15) is 27.2 Å². The number of fused-ring (bicyclic) bond motifs is 1. The molecule has 12 heteroatoms. The van der Waals surface area contributed by atoms with Gasteiger partial charge in [-0.1, -0.05) is 0 Å². The molecular weight excluding hydrogens is 412 g/mol. The van der Waals surface area contributed by atoms with Crippen LogP contribution in [-0.2, 0) is 17.7 Å². The number of amides is 1. The molecule has 0 atom stereocenters. The van der Waals surface area contributed by atoms with Crippen molar-refractivity contribution < 1.29 is 31.8 Å². The molecule has 1 aromatic heterocycles. The van der Waals surface area contributed by atoms with Crippen molar-refractivity contribution in [2.45, 2.75) is 38.0 Å². The topological polar surface area (TPSA) is 87.4 Å². The lowest BCUT2D eigenvalue weighted by Crippen LogP contribution is -2.48. The van der Waals surface area contributed by atoms with Crippen LogP contribution in [-0.4, -0.2) is 52.3 Å². The zero-order valence-electron chi connectivity index (χ0n) is 15.7. The van der Waals surface area contributed by atoms with E-state index in [1.165, 1.54) is 4.57 Å². The van der Waals surface area contributed by atoms with Crippen LogP contribution in [0.25, 0.3) is 5.69 Å². The van der Waals surface area contributed by atoms with E-state index < -0.39 is 41.5 Å². The fraction of sp³-hybridized carbons (Fsp3) is 0.500. The summed E-state index contributed by atoms with van der Waals surface area (Å²) >= 11 is 0. The monoisotopic (exact) mass is 430 g/mol. The number of carbonyl (C=O) groups excluding carboxylic acids is 1. The van der Waals surface area contributed by atoms with Crippen LogP contribution in [0.1, 0.15) is 29.0 Å². The number of carbonyl (C=O) groups is 1. The van der Waals surface area contributed by atoms with Gasteiger partial charge in [0.1, 0.15) is 23.1 Å². The Labute approximate surface area is 167 Å². The maximum absolute atomic E-state index is 14.8. The van der Waals surface area contributed by atoms with E-state index in [0.29, 0.717) is 18.8 Å². The van der Waals surface area contributed by atoms with E-state index >= 15 is 0 Å². The van der Waals surface area contributed by atoms with E-state index in [1.807, 2.05) is 0 Å².